The number of halogens is 1. The molecule has 1 amide bonds. The summed E-state index contributed by atoms with van der Waals surface area (Å²) >= 11 is 4.44. The van der Waals surface area contributed by atoms with Crippen molar-refractivity contribution in [3.8, 4) is 0 Å². The second-order valence-electron chi connectivity index (χ2n) is 5.29. The summed E-state index contributed by atoms with van der Waals surface area (Å²) in [6, 6.07) is 15.5. The minimum Gasteiger partial charge on any atom is -0.290 e. The monoisotopic (exact) mass is 438 g/mol. The van der Waals surface area contributed by atoms with Gasteiger partial charge in [0.2, 0.25) is 5.91 Å². The minimum atomic E-state index is -3.88. The van der Waals surface area contributed by atoms with Crippen LogP contribution in [0.15, 0.2) is 68.4 Å². The van der Waals surface area contributed by atoms with Crippen LogP contribution in [0.5, 0.6) is 0 Å². The number of thioether (sulfide) groups is 1. The lowest BCUT2D eigenvalue weighted by Gasteiger charge is -2.13. The number of hydrogen-bond acceptors (Lipinski definition) is 4. The normalized spacial score (nSPS) is 19.6. The molecule has 1 heterocycles. The zero-order chi connectivity index (χ0) is 18.0. The largest absolute Gasteiger partial charge is 0.290 e. The first-order valence-corrected chi connectivity index (χ1v) is 10.7. The van der Waals surface area contributed by atoms with Gasteiger partial charge in [0.05, 0.1) is 4.90 Å². The molecule has 5 nitrogen and oxygen atoms in total. The number of amidine groups is 1. The first-order valence-electron chi connectivity index (χ1n) is 7.56. The third-order valence-corrected chi connectivity index (χ3v) is 6.83. The van der Waals surface area contributed by atoms with E-state index in [4.69, 9.17) is 0 Å². The Morgan fingerprint density at radius 2 is 1.76 bits per heavy atom. The van der Waals surface area contributed by atoms with Crippen molar-refractivity contribution >= 4 is 48.8 Å². The number of benzene rings is 2. The highest BCUT2D eigenvalue weighted by molar-refractivity contribution is 9.10. The fraction of sp³-hybridized carbons (Fsp3) is 0.176. The van der Waals surface area contributed by atoms with Crippen molar-refractivity contribution in [2.24, 2.45) is 4.40 Å². The Morgan fingerprint density at radius 1 is 1.12 bits per heavy atom. The molecule has 2 aromatic carbocycles. The summed E-state index contributed by atoms with van der Waals surface area (Å²) in [6.07, 6.45) is 0. The van der Waals surface area contributed by atoms with E-state index in [0.29, 0.717) is 6.54 Å². The lowest BCUT2D eigenvalue weighted by molar-refractivity contribution is -0.126. The zero-order valence-corrected chi connectivity index (χ0v) is 16.5. The van der Waals surface area contributed by atoms with Gasteiger partial charge >= 0.3 is 0 Å². The van der Waals surface area contributed by atoms with Crippen molar-refractivity contribution in [1.29, 1.82) is 0 Å². The number of carbonyl (C=O) groups excluding carboxylic acids is 1. The lowest BCUT2D eigenvalue weighted by atomic mass is 10.1. The Labute approximate surface area is 159 Å². The molecular weight excluding hydrogens is 424 g/mol. The van der Waals surface area contributed by atoms with Crippen molar-refractivity contribution in [3.05, 3.63) is 64.6 Å². The van der Waals surface area contributed by atoms with E-state index in [9.17, 15) is 13.2 Å². The number of carbonyl (C=O) groups is 1. The van der Waals surface area contributed by atoms with Gasteiger partial charge < -0.3 is 0 Å². The Kier molecular flexibility index (Phi) is 5.31. The number of nitrogens with zero attached hydrogens (tertiary/aromatic N) is 2. The van der Waals surface area contributed by atoms with Crippen LogP contribution in [0, 0.1) is 0 Å². The summed E-state index contributed by atoms with van der Waals surface area (Å²) < 4.78 is 29.8. The van der Waals surface area contributed by atoms with Gasteiger partial charge in [0.15, 0.2) is 5.17 Å². The SMILES string of the molecule is CCN1C(=O)C(c2ccccc2)S/C1=N/S(=O)(=O)c1ccc(Br)cc1. The van der Waals surface area contributed by atoms with E-state index in [1.807, 2.05) is 30.3 Å². The quantitative estimate of drug-likeness (QED) is 0.727. The predicted molar refractivity (Wildman–Crippen MR) is 103 cm³/mol. The minimum absolute atomic E-state index is 0.0930. The molecule has 1 fully saturated rings. The van der Waals surface area contributed by atoms with E-state index >= 15 is 0 Å². The van der Waals surface area contributed by atoms with E-state index in [2.05, 4.69) is 20.3 Å². The lowest BCUT2D eigenvalue weighted by Crippen LogP contribution is -2.30. The molecule has 0 radical (unpaired) electrons. The van der Waals surface area contributed by atoms with Gasteiger partial charge in [-0.1, -0.05) is 58.0 Å². The standard InChI is InChI=1S/C17H15BrN2O3S2/c1-2-20-16(21)15(12-6-4-3-5-7-12)24-17(20)19-25(22,23)14-10-8-13(18)9-11-14/h3-11,15H,2H2,1H3/b19-17+. The molecular formula is C17H15BrN2O3S2. The molecule has 0 spiro atoms. The molecule has 1 aliphatic rings. The van der Waals surface area contributed by atoms with E-state index < -0.39 is 15.3 Å². The number of hydrogen-bond donors (Lipinski definition) is 0. The molecule has 130 valence electrons. The van der Waals surface area contributed by atoms with Gasteiger partial charge in [-0.05, 0) is 36.8 Å². The number of sulfonamides is 1. The van der Waals surface area contributed by atoms with Crippen LogP contribution in [0.3, 0.4) is 0 Å². The fourth-order valence-electron chi connectivity index (χ4n) is 2.42. The third-order valence-electron chi connectivity index (χ3n) is 3.67. The predicted octanol–water partition coefficient (Wildman–Crippen LogP) is 3.83. The molecule has 1 aliphatic heterocycles. The summed E-state index contributed by atoms with van der Waals surface area (Å²) in [4.78, 5) is 14.1. The number of amides is 1. The molecule has 0 bridgehead atoms. The molecule has 1 saturated heterocycles. The van der Waals surface area contributed by atoms with Gasteiger partial charge in [0.1, 0.15) is 5.25 Å². The van der Waals surface area contributed by atoms with Crippen molar-refractivity contribution in [2.75, 3.05) is 6.54 Å². The van der Waals surface area contributed by atoms with Crippen LogP contribution >= 0.6 is 27.7 Å². The van der Waals surface area contributed by atoms with E-state index in [1.54, 1.807) is 19.1 Å². The molecule has 8 heteroatoms. The van der Waals surface area contributed by atoms with Crippen LogP contribution < -0.4 is 0 Å². The zero-order valence-electron chi connectivity index (χ0n) is 13.3. The summed E-state index contributed by atoms with van der Waals surface area (Å²) in [5, 5.41) is -0.260. The van der Waals surface area contributed by atoms with Gasteiger partial charge in [-0.15, -0.1) is 4.40 Å². The number of likely N-dealkylation sites (N-methyl/N-ethyl adjacent to an activating group) is 1. The average molecular weight is 439 g/mol. The topological polar surface area (TPSA) is 66.8 Å². The van der Waals surface area contributed by atoms with Crippen LogP contribution in [0.25, 0.3) is 0 Å². The first-order chi connectivity index (χ1) is 11.9. The Morgan fingerprint density at radius 3 is 2.36 bits per heavy atom. The molecule has 3 rings (SSSR count). The molecule has 0 saturated carbocycles. The van der Waals surface area contributed by atoms with Gasteiger partial charge in [0, 0.05) is 11.0 Å². The maximum atomic E-state index is 12.6. The van der Waals surface area contributed by atoms with Crippen molar-refractivity contribution in [1.82, 2.24) is 4.90 Å². The van der Waals surface area contributed by atoms with Gasteiger partial charge in [0.25, 0.3) is 10.0 Å². The van der Waals surface area contributed by atoms with E-state index in [0.717, 1.165) is 10.0 Å². The Balaban J connectivity index is 1.96. The smallest absolute Gasteiger partial charge is 0.284 e. The van der Waals surface area contributed by atoms with E-state index in [1.165, 1.54) is 28.8 Å². The fourth-order valence-corrected chi connectivity index (χ4v) is 5.12. The highest BCUT2D eigenvalue weighted by Gasteiger charge is 2.39. The molecule has 0 N–H and O–H groups in total. The molecule has 25 heavy (non-hydrogen) atoms. The van der Waals surface area contributed by atoms with Gasteiger partial charge in [-0.2, -0.15) is 8.42 Å². The summed E-state index contributed by atoms with van der Waals surface area (Å²) in [5.74, 6) is -0.150. The third kappa shape index (κ3) is 3.80. The highest BCUT2D eigenvalue weighted by atomic mass is 79.9. The average Bonchev–Trinajstić information content (AvgIpc) is 2.91. The van der Waals surface area contributed by atoms with Gasteiger partial charge in [-0.25, -0.2) is 0 Å². The summed E-state index contributed by atoms with van der Waals surface area (Å²) in [5.41, 5.74) is 0.835. The maximum Gasteiger partial charge on any atom is 0.284 e. The molecule has 1 unspecified atom stereocenters. The van der Waals surface area contributed by atoms with Crippen LogP contribution in [-0.2, 0) is 14.8 Å². The highest BCUT2D eigenvalue weighted by Crippen LogP contribution is 2.39. The van der Waals surface area contributed by atoms with E-state index in [-0.39, 0.29) is 16.0 Å². The van der Waals surface area contributed by atoms with Crippen LogP contribution in [0.1, 0.15) is 17.7 Å². The second-order valence-corrected chi connectivity index (χ2v) is 8.89. The maximum absolute atomic E-state index is 12.6. The van der Waals surface area contributed by atoms with Crippen molar-refractivity contribution in [3.63, 3.8) is 0 Å². The van der Waals surface area contributed by atoms with Crippen molar-refractivity contribution in [2.45, 2.75) is 17.1 Å². The Hall–Kier alpha value is -1.64. The first kappa shape index (κ1) is 18.2. The Bertz CT molecular complexity index is 913. The molecule has 2 aromatic rings. The van der Waals surface area contributed by atoms with Crippen LogP contribution in [0.4, 0.5) is 0 Å². The van der Waals surface area contributed by atoms with Crippen LogP contribution in [0.2, 0.25) is 0 Å². The molecule has 1 atom stereocenters. The molecule has 0 aliphatic carbocycles. The second kappa shape index (κ2) is 7.31. The molecule has 0 aromatic heterocycles. The summed E-state index contributed by atoms with van der Waals surface area (Å²) in [7, 11) is -3.88. The van der Waals surface area contributed by atoms with Crippen LogP contribution in [-0.4, -0.2) is 30.9 Å². The van der Waals surface area contributed by atoms with Crippen molar-refractivity contribution < 1.29 is 13.2 Å². The van der Waals surface area contributed by atoms with Gasteiger partial charge in [-0.3, -0.25) is 9.69 Å². The summed E-state index contributed by atoms with van der Waals surface area (Å²) in [6.45, 7) is 2.16. The number of rotatable bonds is 4.